The van der Waals surface area contributed by atoms with Crippen LogP contribution in [0.2, 0.25) is 0 Å². The van der Waals surface area contributed by atoms with Gasteiger partial charge < -0.3 is 10.5 Å². The lowest BCUT2D eigenvalue weighted by Gasteiger charge is -2.10. The Bertz CT molecular complexity index is 596. The quantitative estimate of drug-likeness (QED) is 0.650. The van der Waals surface area contributed by atoms with Crippen molar-refractivity contribution in [3.05, 3.63) is 47.9 Å². The average Bonchev–Trinajstić information content (AvgIpc) is 2.39. The first-order valence-corrected chi connectivity index (χ1v) is 6.01. The van der Waals surface area contributed by atoms with Crippen molar-refractivity contribution >= 4 is 5.84 Å². The number of benzene rings is 1. The lowest BCUT2D eigenvalue weighted by molar-refractivity contribution is 0.457. The molecule has 19 heavy (non-hydrogen) atoms. The van der Waals surface area contributed by atoms with Gasteiger partial charge in [-0.15, -0.1) is 0 Å². The van der Waals surface area contributed by atoms with Crippen molar-refractivity contribution in [2.75, 3.05) is 0 Å². The molecule has 1 aromatic carbocycles. The Morgan fingerprint density at radius 3 is 2.68 bits per heavy atom. The Hall–Kier alpha value is -2.43. The highest BCUT2D eigenvalue weighted by atomic mass is 16.5. The molecule has 0 atom stereocenters. The summed E-state index contributed by atoms with van der Waals surface area (Å²) in [4.78, 5) is 8.06. The second kappa shape index (κ2) is 5.48. The van der Waals surface area contributed by atoms with Crippen molar-refractivity contribution < 1.29 is 4.74 Å². The minimum absolute atomic E-state index is 0.164. The lowest BCUT2D eigenvalue weighted by atomic mass is 10.0. The molecule has 1 heterocycles. The first-order chi connectivity index (χ1) is 9.08. The number of rotatable bonds is 4. The Balaban J connectivity index is 2.31. The Kier molecular flexibility index (Phi) is 3.75. The van der Waals surface area contributed by atoms with Gasteiger partial charge in [0.1, 0.15) is 11.6 Å². The van der Waals surface area contributed by atoms with Gasteiger partial charge in [0.15, 0.2) is 5.69 Å². The Labute approximate surface area is 112 Å². The molecule has 5 nitrogen and oxygen atoms in total. The van der Waals surface area contributed by atoms with Gasteiger partial charge in [-0.3, -0.25) is 5.41 Å². The largest absolute Gasteiger partial charge is 0.437 e. The van der Waals surface area contributed by atoms with Crippen LogP contribution >= 0.6 is 0 Å². The third kappa shape index (κ3) is 3.07. The fourth-order valence-electron chi connectivity index (χ4n) is 1.63. The van der Waals surface area contributed by atoms with Crippen molar-refractivity contribution in [2.45, 2.75) is 19.8 Å². The van der Waals surface area contributed by atoms with E-state index in [0.717, 1.165) is 0 Å². The number of nitrogens with zero attached hydrogens (tertiary/aromatic N) is 2. The summed E-state index contributed by atoms with van der Waals surface area (Å²) >= 11 is 0. The maximum absolute atomic E-state index is 7.45. The third-order valence-corrected chi connectivity index (χ3v) is 2.66. The molecular formula is C14H16N4O. The van der Waals surface area contributed by atoms with E-state index in [9.17, 15) is 0 Å². The molecule has 0 unspecified atom stereocenters. The zero-order valence-electron chi connectivity index (χ0n) is 10.9. The monoisotopic (exact) mass is 256 g/mol. The maximum atomic E-state index is 7.45. The molecule has 2 aromatic rings. The fraction of sp³-hybridized carbons (Fsp3) is 0.214. The Morgan fingerprint density at radius 2 is 2.00 bits per heavy atom. The van der Waals surface area contributed by atoms with E-state index in [1.165, 1.54) is 18.0 Å². The van der Waals surface area contributed by atoms with Gasteiger partial charge in [-0.05, 0) is 23.6 Å². The number of nitrogens with two attached hydrogens (primary N) is 1. The topological polar surface area (TPSA) is 84.9 Å². The van der Waals surface area contributed by atoms with Crippen molar-refractivity contribution in [3.63, 3.8) is 0 Å². The second-order valence-electron chi connectivity index (χ2n) is 4.45. The first kappa shape index (κ1) is 13.0. The van der Waals surface area contributed by atoms with E-state index in [0.29, 0.717) is 11.7 Å². The molecule has 0 amide bonds. The standard InChI is InChI=1S/C14H16N4O/c1-9(2)10-4-3-5-11(8-10)19-14-12(13(15)16)17-6-7-18-14/h3-9H,1-2H3,(H3,15,16). The van der Waals surface area contributed by atoms with Crippen LogP contribution in [0.5, 0.6) is 11.6 Å². The number of hydrogen-bond acceptors (Lipinski definition) is 4. The molecule has 1 aromatic heterocycles. The molecule has 0 saturated carbocycles. The van der Waals surface area contributed by atoms with E-state index in [-0.39, 0.29) is 17.4 Å². The van der Waals surface area contributed by atoms with Crippen molar-refractivity contribution in [1.29, 1.82) is 5.41 Å². The molecule has 5 heteroatoms. The number of nitrogen functional groups attached to an aromatic ring is 1. The molecule has 0 aliphatic heterocycles. The molecule has 0 fully saturated rings. The van der Waals surface area contributed by atoms with Gasteiger partial charge in [0.25, 0.3) is 0 Å². The molecule has 0 spiro atoms. The summed E-state index contributed by atoms with van der Waals surface area (Å²) in [6.45, 7) is 4.23. The summed E-state index contributed by atoms with van der Waals surface area (Å²) in [5.41, 5.74) is 6.87. The Morgan fingerprint density at radius 1 is 1.26 bits per heavy atom. The predicted molar refractivity (Wildman–Crippen MR) is 73.7 cm³/mol. The molecule has 0 bridgehead atoms. The molecule has 0 aliphatic rings. The fourth-order valence-corrected chi connectivity index (χ4v) is 1.63. The minimum atomic E-state index is -0.164. The van der Waals surface area contributed by atoms with Crippen LogP contribution in [0.3, 0.4) is 0 Å². The molecule has 0 saturated heterocycles. The number of aromatic nitrogens is 2. The maximum Gasteiger partial charge on any atom is 0.249 e. The number of ether oxygens (including phenoxy) is 1. The van der Waals surface area contributed by atoms with E-state index in [1.807, 2.05) is 24.3 Å². The summed E-state index contributed by atoms with van der Waals surface area (Å²) in [5.74, 6) is 1.16. The van der Waals surface area contributed by atoms with Gasteiger partial charge in [-0.25, -0.2) is 9.97 Å². The van der Waals surface area contributed by atoms with Gasteiger partial charge >= 0.3 is 0 Å². The van der Waals surface area contributed by atoms with E-state index in [1.54, 1.807) is 0 Å². The number of hydrogen-bond donors (Lipinski definition) is 2. The number of nitrogens with one attached hydrogen (secondary N) is 1. The zero-order valence-corrected chi connectivity index (χ0v) is 10.9. The first-order valence-electron chi connectivity index (χ1n) is 6.01. The number of amidine groups is 1. The van der Waals surface area contributed by atoms with Crippen LogP contribution in [0.25, 0.3) is 0 Å². The van der Waals surface area contributed by atoms with Crippen LogP contribution < -0.4 is 10.5 Å². The normalized spacial score (nSPS) is 10.5. The van der Waals surface area contributed by atoms with Crippen molar-refractivity contribution in [1.82, 2.24) is 9.97 Å². The van der Waals surface area contributed by atoms with Crippen LogP contribution in [-0.2, 0) is 0 Å². The van der Waals surface area contributed by atoms with Crippen LogP contribution in [0, 0.1) is 5.41 Å². The van der Waals surface area contributed by atoms with E-state index >= 15 is 0 Å². The molecule has 2 rings (SSSR count). The SMILES string of the molecule is CC(C)c1cccc(Oc2nccnc2C(=N)N)c1. The van der Waals surface area contributed by atoms with E-state index in [2.05, 4.69) is 23.8 Å². The molecular weight excluding hydrogens is 240 g/mol. The van der Waals surface area contributed by atoms with Gasteiger partial charge in [0.2, 0.25) is 5.88 Å². The summed E-state index contributed by atoms with van der Waals surface area (Å²) in [6.07, 6.45) is 2.99. The van der Waals surface area contributed by atoms with Crippen LogP contribution in [-0.4, -0.2) is 15.8 Å². The van der Waals surface area contributed by atoms with Gasteiger partial charge in [0.05, 0.1) is 0 Å². The average molecular weight is 256 g/mol. The highest BCUT2D eigenvalue weighted by Crippen LogP contribution is 2.25. The summed E-state index contributed by atoms with van der Waals surface area (Å²) in [6, 6.07) is 7.75. The predicted octanol–water partition coefficient (Wildman–Crippen LogP) is 2.68. The van der Waals surface area contributed by atoms with Crippen molar-refractivity contribution in [2.24, 2.45) is 5.73 Å². The second-order valence-corrected chi connectivity index (χ2v) is 4.45. The van der Waals surface area contributed by atoms with Gasteiger partial charge in [-0.1, -0.05) is 26.0 Å². The molecule has 0 aliphatic carbocycles. The highest BCUT2D eigenvalue weighted by molar-refractivity contribution is 5.95. The third-order valence-electron chi connectivity index (χ3n) is 2.66. The summed E-state index contributed by atoms with van der Waals surface area (Å²) < 4.78 is 5.67. The van der Waals surface area contributed by atoms with E-state index < -0.39 is 0 Å². The molecule has 0 radical (unpaired) electrons. The smallest absolute Gasteiger partial charge is 0.249 e. The minimum Gasteiger partial charge on any atom is -0.437 e. The van der Waals surface area contributed by atoms with Crippen molar-refractivity contribution in [3.8, 4) is 11.6 Å². The summed E-state index contributed by atoms with van der Waals surface area (Å²) in [7, 11) is 0. The molecule has 3 N–H and O–H groups in total. The van der Waals surface area contributed by atoms with Gasteiger partial charge in [-0.2, -0.15) is 0 Å². The lowest BCUT2D eigenvalue weighted by Crippen LogP contribution is -2.15. The summed E-state index contributed by atoms with van der Waals surface area (Å²) in [5, 5.41) is 7.45. The highest BCUT2D eigenvalue weighted by Gasteiger charge is 2.11. The van der Waals surface area contributed by atoms with Crippen LogP contribution in [0.1, 0.15) is 31.0 Å². The van der Waals surface area contributed by atoms with Crippen LogP contribution in [0.4, 0.5) is 0 Å². The van der Waals surface area contributed by atoms with Crippen LogP contribution in [0.15, 0.2) is 36.7 Å². The molecule has 98 valence electrons. The van der Waals surface area contributed by atoms with E-state index in [4.69, 9.17) is 15.9 Å². The van der Waals surface area contributed by atoms with Gasteiger partial charge in [0, 0.05) is 12.4 Å². The zero-order chi connectivity index (χ0) is 13.8.